The van der Waals surface area contributed by atoms with Crippen LogP contribution in [0.15, 0.2) is 18.2 Å². The highest BCUT2D eigenvalue weighted by Crippen LogP contribution is 2.29. The monoisotopic (exact) mass is 264 g/mol. The van der Waals surface area contributed by atoms with Gasteiger partial charge in [-0.3, -0.25) is 4.79 Å². The van der Waals surface area contributed by atoms with Crippen LogP contribution in [0.5, 0.6) is 5.75 Å². The van der Waals surface area contributed by atoms with E-state index in [1.54, 1.807) is 6.07 Å². The minimum Gasteiger partial charge on any atom is -0.490 e. The van der Waals surface area contributed by atoms with Crippen molar-refractivity contribution in [3.8, 4) is 5.75 Å². The van der Waals surface area contributed by atoms with Crippen LogP contribution in [-0.4, -0.2) is 11.9 Å². The van der Waals surface area contributed by atoms with E-state index in [-0.39, 0.29) is 17.5 Å². The molecule has 1 fully saturated rings. The minimum absolute atomic E-state index is 0.127. The standard InChI is InChI=1S/C16H21FO2/c1-3-12-4-6-13(7-5-12)19-14-8-9-15(11(2)18)16(17)10-14/h8-10,12-13H,3-7H2,1-2H3. The summed E-state index contributed by atoms with van der Waals surface area (Å²) in [4.78, 5) is 11.2. The van der Waals surface area contributed by atoms with Gasteiger partial charge >= 0.3 is 0 Å². The smallest absolute Gasteiger partial charge is 0.162 e. The van der Waals surface area contributed by atoms with Gasteiger partial charge in [0.05, 0.1) is 11.7 Å². The lowest BCUT2D eigenvalue weighted by molar-refractivity contribution is 0.101. The topological polar surface area (TPSA) is 26.3 Å². The molecule has 3 heteroatoms. The molecule has 0 radical (unpaired) electrons. The lowest BCUT2D eigenvalue weighted by Crippen LogP contribution is -2.23. The largest absolute Gasteiger partial charge is 0.490 e. The molecule has 2 rings (SSSR count). The molecule has 0 spiro atoms. The number of ether oxygens (including phenoxy) is 1. The first-order valence-electron chi connectivity index (χ1n) is 7.07. The average Bonchev–Trinajstić information content (AvgIpc) is 2.39. The van der Waals surface area contributed by atoms with Gasteiger partial charge in [0.1, 0.15) is 11.6 Å². The molecule has 0 N–H and O–H groups in total. The quantitative estimate of drug-likeness (QED) is 0.754. The first-order chi connectivity index (χ1) is 9.10. The second kappa shape index (κ2) is 6.18. The number of benzene rings is 1. The van der Waals surface area contributed by atoms with Crippen LogP contribution < -0.4 is 4.74 Å². The first kappa shape index (κ1) is 14.0. The van der Waals surface area contributed by atoms with Crippen LogP contribution in [0.3, 0.4) is 0 Å². The molecule has 1 aromatic carbocycles. The summed E-state index contributed by atoms with van der Waals surface area (Å²) < 4.78 is 19.5. The summed E-state index contributed by atoms with van der Waals surface area (Å²) in [6.45, 7) is 3.59. The van der Waals surface area contributed by atoms with Crippen molar-refractivity contribution < 1.29 is 13.9 Å². The normalized spacial score (nSPS) is 23.1. The van der Waals surface area contributed by atoms with Gasteiger partial charge in [0.15, 0.2) is 5.78 Å². The lowest BCUT2D eigenvalue weighted by Gasteiger charge is -2.28. The molecule has 0 heterocycles. The maximum atomic E-state index is 13.7. The molecule has 1 saturated carbocycles. The molecular formula is C16H21FO2. The third-order valence-electron chi connectivity index (χ3n) is 3.99. The summed E-state index contributed by atoms with van der Waals surface area (Å²) in [5.74, 6) is 0.596. The number of ketones is 1. The fourth-order valence-corrected chi connectivity index (χ4v) is 2.71. The van der Waals surface area contributed by atoms with Gasteiger partial charge in [-0.05, 0) is 50.7 Å². The van der Waals surface area contributed by atoms with Gasteiger partial charge in [0.2, 0.25) is 0 Å². The fraction of sp³-hybridized carbons (Fsp3) is 0.562. The number of halogens is 1. The molecular weight excluding hydrogens is 243 g/mol. The third-order valence-corrected chi connectivity index (χ3v) is 3.99. The Balaban J connectivity index is 1.97. The Kier molecular flexibility index (Phi) is 4.56. The zero-order valence-electron chi connectivity index (χ0n) is 11.6. The van der Waals surface area contributed by atoms with Crippen LogP contribution in [0.1, 0.15) is 56.3 Å². The van der Waals surface area contributed by atoms with Gasteiger partial charge in [0, 0.05) is 6.07 Å². The molecule has 1 aromatic rings. The Hall–Kier alpha value is -1.38. The molecule has 2 nitrogen and oxygen atoms in total. The molecule has 0 aliphatic heterocycles. The number of rotatable bonds is 4. The predicted octanol–water partition coefficient (Wildman–Crippen LogP) is 4.38. The Morgan fingerprint density at radius 1 is 1.32 bits per heavy atom. The van der Waals surface area contributed by atoms with Gasteiger partial charge in [0.25, 0.3) is 0 Å². The van der Waals surface area contributed by atoms with Crippen LogP contribution in [-0.2, 0) is 0 Å². The summed E-state index contributed by atoms with van der Waals surface area (Å²) in [6.07, 6.45) is 5.87. The molecule has 0 aromatic heterocycles. The van der Waals surface area contributed by atoms with Crippen LogP contribution in [0.4, 0.5) is 4.39 Å². The number of carbonyl (C=O) groups is 1. The number of hydrogen-bond acceptors (Lipinski definition) is 2. The van der Waals surface area contributed by atoms with Crippen molar-refractivity contribution in [1.82, 2.24) is 0 Å². The van der Waals surface area contributed by atoms with E-state index in [2.05, 4.69) is 6.92 Å². The Labute approximate surface area is 114 Å². The minimum atomic E-state index is -0.493. The van der Waals surface area contributed by atoms with Crippen LogP contribution >= 0.6 is 0 Å². The summed E-state index contributed by atoms with van der Waals surface area (Å²) >= 11 is 0. The SMILES string of the molecule is CCC1CCC(Oc2ccc(C(C)=O)c(F)c2)CC1. The highest BCUT2D eigenvalue weighted by atomic mass is 19.1. The second-order valence-corrected chi connectivity index (χ2v) is 5.37. The maximum Gasteiger partial charge on any atom is 0.162 e. The highest BCUT2D eigenvalue weighted by molar-refractivity contribution is 5.94. The number of carbonyl (C=O) groups excluding carboxylic acids is 1. The van der Waals surface area contributed by atoms with E-state index < -0.39 is 5.82 Å². The molecule has 0 amide bonds. The first-order valence-corrected chi connectivity index (χ1v) is 7.07. The maximum absolute atomic E-state index is 13.7. The van der Waals surface area contributed by atoms with Gasteiger partial charge in [-0.15, -0.1) is 0 Å². The Morgan fingerprint density at radius 3 is 2.53 bits per heavy atom. The van der Waals surface area contributed by atoms with E-state index in [0.717, 1.165) is 18.8 Å². The van der Waals surface area contributed by atoms with Crippen LogP contribution in [0.2, 0.25) is 0 Å². The Bertz CT molecular complexity index is 448. The summed E-state index contributed by atoms with van der Waals surface area (Å²) in [5, 5.41) is 0. The predicted molar refractivity (Wildman–Crippen MR) is 73.1 cm³/mol. The average molecular weight is 264 g/mol. The second-order valence-electron chi connectivity index (χ2n) is 5.37. The van der Waals surface area contributed by atoms with E-state index in [1.807, 2.05) is 0 Å². The van der Waals surface area contributed by atoms with Gasteiger partial charge in [-0.25, -0.2) is 4.39 Å². The van der Waals surface area contributed by atoms with Crippen molar-refractivity contribution in [3.63, 3.8) is 0 Å². The van der Waals surface area contributed by atoms with Gasteiger partial charge in [-0.1, -0.05) is 13.3 Å². The fourth-order valence-electron chi connectivity index (χ4n) is 2.71. The molecule has 0 unspecified atom stereocenters. The summed E-state index contributed by atoms with van der Waals surface area (Å²) in [6, 6.07) is 4.51. The van der Waals surface area contributed by atoms with E-state index in [0.29, 0.717) is 5.75 Å². The zero-order chi connectivity index (χ0) is 13.8. The van der Waals surface area contributed by atoms with E-state index in [9.17, 15) is 9.18 Å². The summed E-state index contributed by atoms with van der Waals surface area (Å²) in [7, 11) is 0. The number of hydrogen-bond donors (Lipinski definition) is 0. The van der Waals surface area contributed by atoms with Gasteiger partial charge < -0.3 is 4.74 Å². The van der Waals surface area contributed by atoms with E-state index in [4.69, 9.17) is 4.74 Å². The summed E-state index contributed by atoms with van der Waals surface area (Å²) in [5.41, 5.74) is 0.127. The number of Topliss-reactive ketones (excluding diaryl/α,β-unsaturated/α-hetero) is 1. The molecule has 0 bridgehead atoms. The molecule has 0 saturated heterocycles. The van der Waals surface area contributed by atoms with Crippen molar-refractivity contribution >= 4 is 5.78 Å². The molecule has 19 heavy (non-hydrogen) atoms. The van der Waals surface area contributed by atoms with Crippen LogP contribution in [0, 0.1) is 11.7 Å². The van der Waals surface area contributed by atoms with E-state index in [1.165, 1.54) is 38.3 Å². The van der Waals surface area contributed by atoms with Crippen molar-refractivity contribution in [2.45, 2.75) is 52.1 Å². The molecule has 1 aliphatic rings. The highest BCUT2D eigenvalue weighted by Gasteiger charge is 2.21. The molecule has 104 valence electrons. The van der Waals surface area contributed by atoms with Gasteiger partial charge in [-0.2, -0.15) is 0 Å². The molecule has 1 aliphatic carbocycles. The Morgan fingerprint density at radius 2 is 2.00 bits per heavy atom. The third kappa shape index (κ3) is 3.55. The van der Waals surface area contributed by atoms with Crippen molar-refractivity contribution in [3.05, 3.63) is 29.6 Å². The molecule has 0 atom stereocenters. The lowest BCUT2D eigenvalue weighted by atomic mass is 9.86. The van der Waals surface area contributed by atoms with Crippen molar-refractivity contribution in [2.75, 3.05) is 0 Å². The van der Waals surface area contributed by atoms with E-state index >= 15 is 0 Å². The van der Waals surface area contributed by atoms with Crippen LogP contribution in [0.25, 0.3) is 0 Å². The van der Waals surface area contributed by atoms with Crippen molar-refractivity contribution in [2.24, 2.45) is 5.92 Å². The zero-order valence-corrected chi connectivity index (χ0v) is 11.6. The van der Waals surface area contributed by atoms with Crippen molar-refractivity contribution in [1.29, 1.82) is 0 Å².